The molecule has 1 atom stereocenters. The molecule has 1 aliphatic carbocycles. The Morgan fingerprint density at radius 3 is 2.56 bits per heavy atom. The maximum Gasteiger partial charge on any atom is 0.268 e. The summed E-state index contributed by atoms with van der Waals surface area (Å²) in [6.07, 6.45) is 3.59. The number of fused-ring (bicyclic) bond motifs is 1. The highest BCUT2D eigenvalue weighted by atomic mass is 35.5. The summed E-state index contributed by atoms with van der Waals surface area (Å²) in [6.45, 7) is 2.02. The van der Waals surface area contributed by atoms with Crippen LogP contribution in [-0.4, -0.2) is 19.4 Å². The van der Waals surface area contributed by atoms with Gasteiger partial charge in [0.05, 0.1) is 10.6 Å². The molecule has 0 aliphatic heterocycles. The van der Waals surface area contributed by atoms with Gasteiger partial charge in [0.1, 0.15) is 0 Å². The van der Waals surface area contributed by atoms with Crippen molar-refractivity contribution < 1.29 is 8.42 Å². The lowest BCUT2D eigenvalue weighted by atomic mass is 10.0. The van der Waals surface area contributed by atoms with Crippen molar-refractivity contribution >= 4 is 21.6 Å². The fraction of sp³-hybridized carbons (Fsp3) is 0.238. The minimum absolute atomic E-state index is 0.167. The largest absolute Gasteiger partial charge is 0.313 e. The summed E-state index contributed by atoms with van der Waals surface area (Å²) in [4.78, 5) is 0.193. The lowest BCUT2D eigenvalue weighted by Gasteiger charge is -2.13. The van der Waals surface area contributed by atoms with Crippen molar-refractivity contribution in [3.05, 3.63) is 76.4 Å². The van der Waals surface area contributed by atoms with Crippen LogP contribution in [0.5, 0.6) is 0 Å². The predicted octanol–water partition coefficient (Wildman–Crippen LogP) is 4.56. The molecule has 3 aromatic rings. The minimum atomic E-state index is -3.76. The van der Waals surface area contributed by atoms with Crippen LogP contribution in [-0.2, 0) is 16.4 Å². The number of aromatic nitrogens is 1. The molecule has 0 saturated heterocycles. The number of halogens is 1. The number of hydrogen-bond donors (Lipinski definition) is 1. The zero-order chi connectivity index (χ0) is 19.2. The Morgan fingerprint density at radius 2 is 1.89 bits per heavy atom. The molecule has 1 unspecified atom stereocenters. The van der Waals surface area contributed by atoms with E-state index in [-0.39, 0.29) is 10.9 Å². The molecule has 140 valence electrons. The molecule has 4 rings (SSSR count). The summed E-state index contributed by atoms with van der Waals surface area (Å²) in [5, 5.41) is 3.70. The smallest absolute Gasteiger partial charge is 0.268 e. The quantitative estimate of drug-likeness (QED) is 0.698. The Labute approximate surface area is 164 Å². The number of benzene rings is 2. The van der Waals surface area contributed by atoms with E-state index in [0.29, 0.717) is 5.02 Å². The summed E-state index contributed by atoms with van der Waals surface area (Å²) < 4.78 is 28.3. The molecule has 0 amide bonds. The first-order valence-corrected chi connectivity index (χ1v) is 10.7. The van der Waals surface area contributed by atoms with Crippen molar-refractivity contribution in [2.75, 3.05) is 7.05 Å². The van der Waals surface area contributed by atoms with Crippen LogP contribution in [0, 0.1) is 6.92 Å². The van der Waals surface area contributed by atoms with Crippen LogP contribution in [0.2, 0.25) is 5.02 Å². The van der Waals surface area contributed by atoms with Crippen LogP contribution in [0.3, 0.4) is 0 Å². The fourth-order valence-electron chi connectivity index (χ4n) is 3.79. The van der Waals surface area contributed by atoms with Crippen molar-refractivity contribution in [3.8, 4) is 11.3 Å². The highest BCUT2D eigenvalue weighted by molar-refractivity contribution is 7.90. The van der Waals surface area contributed by atoms with E-state index < -0.39 is 10.0 Å². The Bertz CT molecular complexity index is 1100. The zero-order valence-electron chi connectivity index (χ0n) is 15.2. The third-order valence-electron chi connectivity index (χ3n) is 5.20. The summed E-state index contributed by atoms with van der Waals surface area (Å²) in [6, 6.07) is 14.6. The first-order valence-electron chi connectivity index (χ1n) is 8.91. The van der Waals surface area contributed by atoms with E-state index in [1.165, 1.54) is 10.0 Å². The third kappa shape index (κ3) is 3.10. The first kappa shape index (κ1) is 18.3. The number of aryl methyl sites for hydroxylation is 1. The zero-order valence-corrected chi connectivity index (χ0v) is 16.8. The number of hydrogen-bond acceptors (Lipinski definition) is 3. The molecule has 6 heteroatoms. The highest BCUT2D eigenvalue weighted by Gasteiger charge is 2.32. The summed E-state index contributed by atoms with van der Waals surface area (Å²) in [5.74, 6) is 0. The van der Waals surface area contributed by atoms with Gasteiger partial charge in [-0.2, -0.15) is 0 Å². The summed E-state index contributed by atoms with van der Waals surface area (Å²) in [7, 11) is -1.84. The van der Waals surface area contributed by atoms with Crippen molar-refractivity contribution in [2.24, 2.45) is 0 Å². The Morgan fingerprint density at radius 1 is 1.15 bits per heavy atom. The number of nitrogens with zero attached hydrogens (tertiary/aromatic N) is 1. The molecule has 1 aromatic heterocycles. The van der Waals surface area contributed by atoms with Gasteiger partial charge >= 0.3 is 0 Å². The number of rotatable bonds is 4. The van der Waals surface area contributed by atoms with Crippen molar-refractivity contribution in [3.63, 3.8) is 0 Å². The van der Waals surface area contributed by atoms with Gasteiger partial charge in [-0.1, -0.05) is 47.5 Å². The van der Waals surface area contributed by atoms with E-state index >= 15 is 0 Å². The second-order valence-electron chi connectivity index (χ2n) is 6.92. The molecule has 0 fully saturated rings. The monoisotopic (exact) mass is 400 g/mol. The second-order valence-corrected chi connectivity index (χ2v) is 9.17. The van der Waals surface area contributed by atoms with Crippen LogP contribution >= 0.6 is 11.6 Å². The van der Waals surface area contributed by atoms with Crippen molar-refractivity contribution in [2.45, 2.75) is 30.7 Å². The van der Waals surface area contributed by atoms with Gasteiger partial charge in [-0.05, 0) is 61.7 Å². The Hall–Kier alpha value is -2.08. The fourth-order valence-corrected chi connectivity index (χ4v) is 5.51. The average molecular weight is 401 g/mol. The molecule has 0 bridgehead atoms. The highest BCUT2D eigenvalue weighted by Crippen LogP contribution is 2.41. The van der Waals surface area contributed by atoms with E-state index in [4.69, 9.17) is 11.6 Å². The predicted molar refractivity (Wildman–Crippen MR) is 109 cm³/mol. The van der Waals surface area contributed by atoms with Gasteiger partial charge in [0, 0.05) is 17.3 Å². The van der Waals surface area contributed by atoms with Gasteiger partial charge in [-0.15, -0.1) is 0 Å². The van der Waals surface area contributed by atoms with E-state index in [2.05, 4.69) is 5.32 Å². The minimum Gasteiger partial charge on any atom is -0.313 e. The summed E-state index contributed by atoms with van der Waals surface area (Å²) >= 11 is 6.05. The lowest BCUT2D eigenvalue weighted by molar-refractivity contribution is 0.579. The van der Waals surface area contributed by atoms with Gasteiger partial charge in [0.15, 0.2) is 0 Å². The SMILES string of the molecule is CNC1CCc2c1cn(S(=O)(=O)c1cccc(Cl)c1)c2-c1ccc(C)cc1. The van der Waals surface area contributed by atoms with E-state index in [9.17, 15) is 8.42 Å². The first-order chi connectivity index (χ1) is 12.9. The molecule has 1 aliphatic rings. The van der Waals surface area contributed by atoms with Crippen LogP contribution in [0.25, 0.3) is 11.3 Å². The maximum absolute atomic E-state index is 13.4. The normalized spacial score (nSPS) is 16.5. The topological polar surface area (TPSA) is 51.1 Å². The molecule has 0 saturated carbocycles. The standard InChI is InChI=1S/C21H21ClN2O2S/c1-14-6-8-15(9-7-14)21-18-10-11-20(23-2)19(18)13-24(21)27(25,26)17-5-3-4-16(22)12-17/h3-9,12-13,20,23H,10-11H2,1-2H3. The van der Waals surface area contributed by atoms with Crippen molar-refractivity contribution in [1.29, 1.82) is 0 Å². The van der Waals surface area contributed by atoms with Crippen LogP contribution in [0.4, 0.5) is 0 Å². The second kappa shape index (κ2) is 6.82. The van der Waals surface area contributed by atoms with Crippen LogP contribution in [0.1, 0.15) is 29.2 Å². The van der Waals surface area contributed by atoms with Gasteiger partial charge < -0.3 is 5.32 Å². The van der Waals surface area contributed by atoms with Gasteiger partial charge in [-0.25, -0.2) is 12.4 Å². The van der Waals surface area contributed by atoms with Gasteiger partial charge in [0.25, 0.3) is 10.0 Å². The average Bonchev–Trinajstić information content (AvgIpc) is 3.22. The lowest BCUT2D eigenvalue weighted by Crippen LogP contribution is -2.16. The third-order valence-corrected chi connectivity index (χ3v) is 7.09. The molecule has 0 spiro atoms. The molecule has 2 aromatic carbocycles. The van der Waals surface area contributed by atoms with Gasteiger partial charge in [0.2, 0.25) is 0 Å². The van der Waals surface area contributed by atoms with E-state index in [1.54, 1.807) is 24.4 Å². The maximum atomic E-state index is 13.4. The Kier molecular flexibility index (Phi) is 4.62. The van der Waals surface area contributed by atoms with Gasteiger partial charge in [-0.3, -0.25) is 0 Å². The summed E-state index contributed by atoms with van der Waals surface area (Å²) in [5.41, 5.74) is 4.95. The van der Waals surface area contributed by atoms with Crippen LogP contribution < -0.4 is 5.32 Å². The van der Waals surface area contributed by atoms with Crippen molar-refractivity contribution in [1.82, 2.24) is 9.29 Å². The van der Waals surface area contributed by atoms with Crippen LogP contribution in [0.15, 0.2) is 59.6 Å². The van der Waals surface area contributed by atoms with E-state index in [0.717, 1.165) is 40.8 Å². The molecule has 1 heterocycles. The molecule has 4 nitrogen and oxygen atoms in total. The molecule has 0 radical (unpaired) electrons. The van der Waals surface area contributed by atoms with E-state index in [1.807, 2.05) is 38.2 Å². The molecular formula is C21H21ClN2O2S. The number of nitrogens with one attached hydrogen (secondary N) is 1. The molecule has 1 N–H and O–H groups in total. The Balaban J connectivity index is 1.97. The molecule has 27 heavy (non-hydrogen) atoms. The molecular weight excluding hydrogens is 380 g/mol.